The first-order valence-corrected chi connectivity index (χ1v) is 6.88. The van der Waals surface area contributed by atoms with E-state index in [1.54, 1.807) is 0 Å². The van der Waals surface area contributed by atoms with E-state index < -0.39 is 11.6 Å². The molecule has 0 unspecified atom stereocenters. The number of nitrogens with one attached hydrogen (secondary N) is 1. The van der Waals surface area contributed by atoms with Gasteiger partial charge in [-0.25, -0.2) is 9.37 Å². The minimum Gasteiger partial charge on any atom is -0.505 e. The number of hydrogen-bond donors (Lipinski definition) is 2. The number of aromatic hydroxyl groups is 1. The number of phenols is 1. The van der Waals surface area contributed by atoms with Gasteiger partial charge in [-0.2, -0.15) is 0 Å². The monoisotopic (exact) mass is 374 g/mol. The van der Waals surface area contributed by atoms with Gasteiger partial charge < -0.3 is 10.1 Å². The number of H-pyrrole nitrogens is 1. The normalized spacial score (nSPS) is 10.7. The molecular formula is C13H12FIN2O2. The van der Waals surface area contributed by atoms with Gasteiger partial charge in [0.15, 0.2) is 11.6 Å². The summed E-state index contributed by atoms with van der Waals surface area (Å²) in [5.74, 6) is -0.853. The molecule has 0 saturated carbocycles. The highest BCUT2D eigenvalue weighted by Gasteiger charge is 2.11. The fourth-order valence-electron chi connectivity index (χ4n) is 1.70. The van der Waals surface area contributed by atoms with E-state index >= 15 is 0 Å². The van der Waals surface area contributed by atoms with Crippen LogP contribution in [-0.4, -0.2) is 15.1 Å². The van der Waals surface area contributed by atoms with E-state index in [0.29, 0.717) is 27.1 Å². The highest BCUT2D eigenvalue weighted by molar-refractivity contribution is 14.1. The molecule has 2 aromatic rings. The summed E-state index contributed by atoms with van der Waals surface area (Å²) in [6.07, 6.45) is 1.56. The molecule has 2 rings (SSSR count). The Morgan fingerprint density at radius 2 is 2.21 bits per heavy atom. The Balaban J connectivity index is 2.56. The SMILES string of the molecule is CCCc1nc(-c2ccc(O)c(F)c2)[nH]c(=O)c1I. The van der Waals surface area contributed by atoms with Gasteiger partial charge in [-0.3, -0.25) is 4.79 Å². The van der Waals surface area contributed by atoms with Crippen molar-refractivity contribution in [1.29, 1.82) is 0 Å². The number of phenolic OH excluding ortho intramolecular Hbond substituents is 1. The van der Waals surface area contributed by atoms with Gasteiger partial charge in [-0.1, -0.05) is 13.3 Å². The molecule has 0 radical (unpaired) electrons. The van der Waals surface area contributed by atoms with Gasteiger partial charge >= 0.3 is 0 Å². The molecule has 1 aromatic carbocycles. The zero-order chi connectivity index (χ0) is 14.0. The minimum atomic E-state index is -0.740. The van der Waals surface area contributed by atoms with E-state index in [2.05, 4.69) is 9.97 Å². The van der Waals surface area contributed by atoms with Gasteiger partial charge in [0, 0.05) is 5.56 Å². The minimum absolute atomic E-state index is 0.234. The smallest absolute Gasteiger partial charge is 0.264 e. The van der Waals surface area contributed by atoms with Crippen molar-refractivity contribution in [3.63, 3.8) is 0 Å². The van der Waals surface area contributed by atoms with Crippen LogP contribution in [0.25, 0.3) is 11.4 Å². The Bertz CT molecular complexity index is 670. The molecule has 0 atom stereocenters. The molecule has 0 aliphatic heterocycles. The average Bonchev–Trinajstić information content (AvgIpc) is 2.38. The molecule has 0 fully saturated rings. The van der Waals surface area contributed by atoms with Crippen LogP contribution in [0.4, 0.5) is 4.39 Å². The first-order valence-electron chi connectivity index (χ1n) is 5.80. The van der Waals surface area contributed by atoms with Gasteiger partial charge in [-0.05, 0) is 47.2 Å². The molecule has 1 aromatic heterocycles. The molecule has 0 aliphatic carbocycles. The van der Waals surface area contributed by atoms with Crippen LogP contribution in [0.15, 0.2) is 23.0 Å². The van der Waals surface area contributed by atoms with E-state index in [0.717, 1.165) is 12.5 Å². The second kappa shape index (κ2) is 5.68. The van der Waals surface area contributed by atoms with E-state index in [1.807, 2.05) is 29.5 Å². The summed E-state index contributed by atoms with van der Waals surface area (Å²) in [6, 6.07) is 3.90. The number of aromatic nitrogens is 2. The zero-order valence-corrected chi connectivity index (χ0v) is 12.4. The molecule has 0 bridgehead atoms. The van der Waals surface area contributed by atoms with Crippen LogP contribution in [0, 0.1) is 9.39 Å². The maximum absolute atomic E-state index is 13.3. The Morgan fingerprint density at radius 1 is 1.47 bits per heavy atom. The fourth-order valence-corrected chi connectivity index (χ4v) is 2.22. The Kier molecular flexibility index (Phi) is 4.18. The third-order valence-electron chi connectivity index (χ3n) is 2.64. The summed E-state index contributed by atoms with van der Waals surface area (Å²) in [5, 5.41) is 9.16. The van der Waals surface area contributed by atoms with Crippen molar-refractivity contribution in [2.24, 2.45) is 0 Å². The van der Waals surface area contributed by atoms with Crippen molar-refractivity contribution in [1.82, 2.24) is 9.97 Å². The van der Waals surface area contributed by atoms with E-state index in [4.69, 9.17) is 5.11 Å². The lowest BCUT2D eigenvalue weighted by molar-refractivity contribution is 0.432. The van der Waals surface area contributed by atoms with Crippen molar-refractivity contribution in [2.75, 3.05) is 0 Å². The van der Waals surface area contributed by atoms with Crippen LogP contribution in [0.5, 0.6) is 5.75 Å². The van der Waals surface area contributed by atoms with E-state index in [-0.39, 0.29) is 5.56 Å². The Hall–Kier alpha value is -1.44. The summed E-state index contributed by atoms with van der Waals surface area (Å²) in [6.45, 7) is 2.00. The van der Waals surface area contributed by atoms with Gasteiger partial charge in [0.2, 0.25) is 0 Å². The Labute approximate surface area is 122 Å². The highest BCUT2D eigenvalue weighted by Crippen LogP contribution is 2.22. The molecule has 0 saturated heterocycles. The van der Waals surface area contributed by atoms with Crippen molar-refractivity contribution in [3.8, 4) is 17.1 Å². The third kappa shape index (κ3) is 2.94. The van der Waals surface area contributed by atoms with Crippen LogP contribution in [0.1, 0.15) is 19.0 Å². The molecule has 0 amide bonds. The molecule has 100 valence electrons. The summed E-state index contributed by atoms with van der Waals surface area (Å²) in [7, 11) is 0. The highest BCUT2D eigenvalue weighted by atomic mass is 127. The zero-order valence-electron chi connectivity index (χ0n) is 10.2. The first kappa shape index (κ1) is 14.0. The number of aryl methyl sites for hydroxylation is 1. The number of hydrogen-bond acceptors (Lipinski definition) is 3. The van der Waals surface area contributed by atoms with Crippen molar-refractivity contribution in [2.45, 2.75) is 19.8 Å². The molecule has 6 heteroatoms. The standard InChI is InChI=1S/C13H12FIN2O2/c1-2-3-9-11(15)13(19)17-12(16-9)7-4-5-10(18)8(14)6-7/h4-6,18H,2-3H2,1H3,(H,16,17,19). The predicted octanol–water partition coefficient (Wildman–Crippen LogP) is 2.84. The predicted molar refractivity (Wildman–Crippen MR) is 78.6 cm³/mol. The number of nitrogens with zero attached hydrogens (tertiary/aromatic N) is 1. The molecule has 0 spiro atoms. The van der Waals surface area contributed by atoms with Gasteiger partial charge in [-0.15, -0.1) is 0 Å². The van der Waals surface area contributed by atoms with Crippen molar-refractivity contribution in [3.05, 3.63) is 43.6 Å². The summed E-state index contributed by atoms with van der Waals surface area (Å²) >= 11 is 1.96. The quantitative estimate of drug-likeness (QED) is 0.813. The van der Waals surface area contributed by atoms with Crippen LogP contribution >= 0.6 is 22.6 Å². The molecule has 4 nitrogen and oxygen atoms in total. The van der Waals surface area contributed by atoms with Crippen LogP contribution in [-0.2, 0) is 6.42 Å². The van der Waals surface area contributed by atoms with Crippen LogP contribution in [0.3, 0.4) is 0 Å². The first-order chi connectivity index (χ1) is 9.02. The molecule has 19 heavy (non-hydrogen) atoms. The summed E-state index contributed by atoms with van der Waals surface area (Å²) < 4.78 is 13.9. The molecule has 0 aliphatic rings. The van der Waals surface area contributed by atoms with Gasteiger partial charge in [0.1, 0.15) is 5.82 Å². The number of rotatable bonds is 3. The number of halogens is 2. The van der Waals surface area contributed by atoms with Crippen molar-refractivity contribution < 1.29 is 9.50 Å². The molecule has 1 heterocycles. The van der Waals surface area contributed by atoms with Crippen LogP contribution in [0.2, 0.25) is 0 Å². The lowest BCUT2D eigenvalue weighted by Crippen LogP contribution is -2.16. The lowest BCUT2D eigenvalue weighted by Gasteiger charge is -2.06. The largest absolute Gasteiger partial charge is 0.505 e. The van der Waals surface area contributed by atoms with E-state index in [9.17, 15) is 9.18 Å². The second-order valence-corrected chi connectivity index (χ2v) is 5.17. The average molecular weight is 374 g/mol. The molecular weight excluding hydrogens is 362 g/mol. The third-order valence-corrected chi connectivity index (χ3v) is 3.75. The number of benzene rings is 1. The van der Waals surface area contributed by atoms with Gasteiger partial charge in [0.05, 0.1) is 9.26 Å². The summed E-state index contributed by atoms with van der Waals surface area (Å²) in [4.78, 5) is 18.8. The topological polar surface area (TPSA) is 66.0 Å². The van der Waals surface area contributed by atoms with Gasteiger partial charge in [0.25, 0.3) is 5.56 Å². The maximum atomic E-state index is 13.3. The second-order valence-electron chi connectivity index (χ2n) is 4.09. The number of aromatic amines is 1. The maximum Gasteiger partial charge on any atom is 0.264 e. The fraction of sp³-hybridized carbons (Fsp3) is 0.231. The summed E-state index contributed by atoms with van der Waals surface area (Å²) in [5.41, 5.74) is 0.902. The Morgan fingerprint density at radius 3 is 2.84 bits per heavy atom. The lowest BCUT2D eigenvalue weighted by atomic mass is 10.2. The van der Waals surface area contributed by atoms with Crippen molar-refractivity contribution >= 4 is 22.6 Å². The van der Waals surface area contributed by atoms with E-state index in [1.165, 1.54) is 12.1 Å². The molecule has 2 N–H and O–H groups in total. The van der Waals surface area contributed by atoms with Crippen LogP contribution < -0.4 is 5.56 Å².